The van der Waals surface area contributed by atoms with Crippen molar-refractivity contribution in [2.24, 2.45) is 5.41 Å². The molecule has 1 saturated carbocycles. The van der Waals surface area contributed by atoms with Crippen LogP contribution in [-0.4, -0.2) is 18.6 Å². The summed E-state index contributed by atoms with van der Waals surface area (Å²) in [6.07, 6.45) is 4.91. The van der Waals surface area contributed by atoms with Crippen LogP contribution in [0.2, 0.25) is 5.02 Å². The molecule has 0 bridgehead atoms. The van der Waals surface area contributed by atoms with E-state index in [0.29, 0.717) is 22.5 Å². The lowest BCUT2D eigenvalue weighted by atomic mass is 9.73. The van der Waals surface area contributed by atoms with Gasteiger partial charge in [0.05, 0.1) is 16.4 Å². The summed E-state index contributed by atoms with van der Waals surface area (Å²) >= 11 is 6.35. The van der Waals surface area contributed by atoms with Gasteiger partial charge in [-0.3, -0.25) is 4.79 Å². The fraction of sp³-hybridized carbons (Fsp3) is 0.562. The first-order valence-electron chi connectivity index (χ1n) is 7.48. The van der Waals surface area contributed by atoms with Crippen LogP contribution in [0, 0.1) is 5.41 Å². The minimum absolute atomic E-state index is 0.0585. The van der Waals surface area contributed by atoms with Crippen LogP contribution in [-0.2, 0) is 4.79 Å². The second-order valence-corrected chi connectivity index (χ2v) is 7.00. The molecule has 5 heteroatoms. The van der Waals surface area contributed by atoms with Crippen molar-refractivity contribution in [3.8, 4) is 5.75 Å². The molecule has 1 aromatic carbocycles. The van der Waals surface area contributed by atoms with Gasteiger partial charge in [-0.1, -0.05) is 38.3 Å². The average Bonchev–Trinajstić information content (AvgIpc) is 2.42. The molecule has 0 aromatic heterocycles. The van der Waals surface area contributed by atoms with Crippen LogP contribution >= 0.6 is 11.6 Å². The Hall–Kier alpha value is -1.42. The van der Waals surface area contributed by atoms with Gasteiger partial charge in [-0.05, 0) is 24.3 Å². The third kappa shape index (κ3) is 2.95. The van der Waals surface area contributed by atoms with E-state index >= 15 is 0 Å². The van der Waals surface area contributed by atoms with E-state index < -0.39 is 0 Å². The first-order valence-corrected chi connectivity index (χ1v) is 7.86. The number of fused-ring (bicyclic) bond motifs is 1. The Morgan fingerprint density at radius 1 is 1.38 bits per heavy atom. The summed E-state index contributed by atoms with van der Waals surface area (Å²) in [6.45, 7) is 4.66. The summed E-state index contributed by atoms with van der Waals surface area (Å²) < 4.78 is 5.46. The molecule has 1 aromatic rings. The summed E-state index contributed by atoms with van der Waals surface area (Å²) in [4.78, 5) is 11.3. The van der Waals surface area contributed by atoms with E-state index in [-0.39, 0.29) is 17.9 Å². The number of amides is 1. The fourth-order valence-corrected chi connectivity index (χ4v) is 3.38. The number of carbonyl (C=O) groups is 1. The van der Waals surface area contributed by atoms with Crippen LogP contribution in [0.3, 0.4) is 0 Å². The van der Waals surface area contributed by atoms with E-state index in [1.165, 1.54) is 19.3 Å². The maximum Gasteiger partial charge on any atom is 0.262 e. The van der Waals surface area contributed by atoms with Gasteiger partial charge in [-0.2, -0.15) is 0 Å². The van der Waals surface area contributed by atoms with Crippen molar-refractivity contribution in [2.75, 3.05) is 17.2 Å². The average molecular weight is 309 g/mol. The normalized spacial score (nSPS) is 23.8. The van der Waals surface area contributed by atoms with Crippen LogP contribution in [0.25, 0.3) is 0 Å². The highest BCUT2D eigenvalue weighted by Crippen LogP contribution is 2.41. The number of carbonyl (C=O) groups excluding carboxylic acids is 1. The molecule has 0 spiro atoms. The molecule has 1 fully saturated rings. The summed E-state index contributed by atoms with van der Waals surface area (Å²) in [5.74, 6) is 0.530. The Morgan fingerprint density at radius 2 is 2.19 bits per heavy atom. The van der Waals surface area contributed by atoms with Gasteiger partial charge in [0.2, 0.25) is 0 Å². The third-order valence-electron chi connectivity index (χ3n) is 4.54. The van der Waals surface area contributed by atoms with Crippen molar-refractivity contribution in [3.63, 3.8) is 0 Å². The van der Waals surface area contributed by atoms with Crippen molar-refractivity contribution in [3.05, 3.63) is 17.2 Å². The highest BCUT2D eigenvalue weighted by Gasteiger charge is 2.32. The van der Waals surface area contributed by atoms with Gasteiger partial charge in [-0.25, -0.2) is 0 Å². The Balaban J connectivity index is 1.84. The topological polar surface area (TPSA) is 50.4 Å². The summed E-state index contributed by atoms with van der Waals surface area (Å²) in [5, 5.41) is 6.96. The zero-order valence-electron chi connectivity index (χ0n) is 12.5. The molecule has 0 radical (unpaired) electrons. The second-order valence-electron chi connectivity index (χ2n) is 6.60. The zero-order chi connectivity index (χ0) is 15.0. The van der Waals surface area contributed by atoms with Crippen molar-refractivity contribution in [1.29, 1.82) is 0 Å². The van der Waals surface area contributed by atoms with Gasteiger partial charge in [-0.15, -0.1) is 0 Å². The molecule has 1 amide bonds. The van der Waals surface area contributed by atoms with E-state index in [1.807, 2.05) is 6.07 Å². The van der Waals surface area contributed by atoms with Gasteiger partial charge in [0.15, 0.2) is 6.61 Å². The number of ether oxygens (including phenoxy) is 1. The molecule has 1 aliphatic heterocycles. The Labute approximate surface area is 130 Å². The van der Waals surface area contributed by atoms with Crippen LogP contribution in [0.1, 0.15) is 39.5 Å². The van der Waals surface area contributed by atoms with Gasteiger partial charge >= 0.3 is 0 Å². The molecular formula is C16H21ClN2O2. The lowest BCUT2D eigenvalue weighted by molar-refractivity contribution is -0.118. The predicted molar refractivity (Wildman–Crippen MR) is 85.2 cm³/mol. The highest BCUT2D eigenvalue weighted by atomic mass is 35.5. The van der Waals surface area contributed by atoms with E-state index in [2.05, 4.69) is 24.5 Å². The van der Waals surface area contributed by atoms with Crippen LogP contribution in [0.5, 0.6) is 5.75 Å². The number of halogens is 1. The largest absolute Gasteiger partial charge is 0.482 e. The minimum Gasteiger partial charge on any atom is -0.482 e. The molecule has 4 nitrogen and oxygen atoms in total. The Kier molecular flexibility index (Phi) is 3.74. The third-order valence-corrected chi connectivity index (χ3v) is 4.85. The van der Waals surface area contributed by atoms with Crippen molar-refractivity contribution >= 4 is 28.9 Å². The minimum atomic E-state index is -0.146. The van der Waals surface area contributed by atoms with Crippen molar-refractivity contribution in [2.45, 2.75) is 45.6 Å². The molecule has 1 atom stereocenters. The van der Waals surface area contributed by atoms with E-state index in [9.17, 15) is 4.79 Å². The molecule has 1 heterocycles. The number of anilines is 2. The fourth-order valence-electron chi connectivity index (χ4n) is 3.16. The Bertz CT molecular complexity index is 572. The lowest BCUT2D eigenvalue weighted by Crippen LogP contribution is -2.39. The molecule has 3 rings (SSSR count). The molecule has 2 N–H and O–H groups in total. The van der Waals surface area contributed by atoms with Crippen molar-refractivity contribution in [1.82, 2.24) is 0 Å². The van der Waals surface area contributed by atoms with Gasteiger partial charge in [0.25, 0.3) is 5.91 Å². The van der Waals surface area contributed by atoms with Crippen LogP contribution in [0.15, 0.2) is 12.1 Å². The number of hydrogen-bond acceptors (Lipinski definition) is 3. The zero-order valence-corrected chi connectivity index (χ0v) is 13.2. The second kappa shape index (κ2) is 5.41. The summed E-state index contributed by atoms with van der Waals surface area (Å²) in [6, 6.07) is 4.05. The quantitative estimate of drug-likeness (QED) is 0.866. The monoisotopic (exact) mass is 308 g/mol. The predicted octanol–water partition coefficient (Wildman–Crippen LogP) is 4.05. The molecule has 0 saturated heterocycles. The molecule has 1 unspecified atom stereocenters. The number of hydrogen-bond donors (Lipinski definition) is 2. The maximum absolute atomic E-state index is 11.3. The Morgan fingerprint density at radius 3 is 2.95 bits per heavy atom. The molecule has 1 aliphatic carbocycles. The smallest absolute Gasteiger partial charge is 0.262 e. The van der Waals surface area contributed by atoms with Crippen LogP contribution in [0.4, 0.5) is 11.4 Å². The molecule has 114 valence electrons. The maximum atomic E-state index is 11.3. The van der Waals surface area contributed by atoms with Gasteiger partial charge in [0, 0.05) is 12.1 Å². The molecular weight excluding hydrogens is 288 g/mol. The lowest BCUT2D eigenvalue weighted by Gasteiger charge is -2.40. The SMILES string of the molecule is CC1(C)CCCCC1Nc1cc2c(cc1Cl)NC(=O)CO2. The van der Waals surface area contributed by atoms with Crippen molar-refractivity contribution < 1.29 is 9.53 Å². The first-order chi connectivity index (χ1) is 9.95. The number of benzene rings is 1. The standard InChI is InChI=1S/C16H21ClN2O2/c1-16(2)6-4-3-5-14(16)18-11-8-13-12(7-10(11)17)19-15(20)9-21-13/h7-8,14,18H,3-6,9H2,1-2H3,(H,19,20). The van der Waals surface area contributed by atoms with E-state index in [4.69, 9.17) is 16.3 Å². The first kappa shape index (κ1) is 14.5. The van der Waals surface area contributed by atoms with Gasteiger partial charge in [0.1, 0.15) is 5.75 Å². The van der Waals surface area contributed by atoms with Crippen LogP contribution < -0.4 is 15.4 Å². The van der Waals surface area contributed by atoms with E-state index in [1.54, 1.807) is 6.07 Å². The molecule has 2 aliphatic rings. The number of nitrogens with one attached hydrogen (secondary N) is 2. The summed E-state index contributed by atoms with van der Waals surface area (Å²) in [5.41, 5.74) is 1.78. The molecule has 21 heavy (non-hydrogen) atoms. The van der Waals surface area contributed by atoms with E-state index in [0.717, 1.165) is 12.1 Å². The van der Waals surface area contributed by atoms with Gasteiger partial charge < -0.3 is 15.4 Å². The number of rotatable bonds is 2. The highest BCUT2D eigenvalue weighted by molar-refractivity contribution is 6.33. The summed E-state index contributed by atoms with van der Waals surface area (Å²) in [7, 11) is 0.